The van der Waals surface area contributed by atoms with Crippen LogP contribution >= 0.6 is 0 Å². The number of anilines is 1. The number of aromatic nitrogens is 4. The molecule has 0 radical (unpaired) electrons. The molecule has 0 fully saturated rings. The number of nitrogen functional groups attached to an aromatic ring is 1. The summed E-state index contributed by atoms with van der Waals surface area (Å²) in [5.74, 6) is 0.879. The van der Waals surface area contributed by atoms with Crippen molar-refractivity contribution in [2.24, 2.45) is 0 Å². The molecule has 0 spiro atoms. The summed E-state index contributed by atoms with van der Waals surface area (Å²) in [6.07, 6.45) is 7.78. The second kappa shape index (κ2) is 4.29. The molecule has 6 nitrogen and oxygen atoms in total. The van der Waals surface area contributed by atoms with Crippen LogP contribution < -0.4 is 11.3 Å². The molecular weight excluding hydrogens is 230 g/mol. The maximum Gasteiger partial charge on any atom is 0.278 e. The average Bonchev–Trinajstić information content (AvgIpc) is 2.73. The number of nitrogens with zero attached hydrogens (tertiary/aromatic N) is 2. The number of nitrogens with two attached hydrogens (primary N) is 1. The van der Waals surface area contributed by atoms with Crippen molar-refractivity contribution in [1.29, 1.82) is 0 Å². The molecule has 0 atom stereocenters. The molecule has 3 rings (SSSR count). The van der Waals surface area contributed by atoms with Crippen LogP contribution in [0.1, 0.15) is 31.5 Å². The highest BCUT2D eigenvalue weighted by atomic mass is 16.1. The summed E-state index contributed by atoms with van der Waals surface area (Å²) in [7, 11) is 0. The highest BCUT2D eigenvalue weighted by Gasteiger charge is 2.11. The van der Waals surface area contributed by atoms with E-state index >= 15 is 0 Å². The number of rotatable bonds is 2. The fourth-order valence-corrected chi connectivity index (χ4v) is 2.34. The van der Waals surface area contributed by atoms with Crippen LogP contribution in [0.3, 0.4) is 0 Å². The van der Waals surface area contributed by atoms with Gasteiger partial charge in [0.05, 0.1) is 0 Å². The first-order valence-electron chi connectivity index (χ1n) is 6.14. The predicted molar refractivity (Wildman–Crippen MR) is 69.2 cm³/mol. The Kier molecular flexibility index (Phi) is 2.62. The van der Waals surface area contributed by atoms with Crippen LogP contribution in [0.15, 0.2) is 16.4 Å². The van der Waals surface area contributed by atoms with Crippen molar-refractivity contribution >= 4 is 17.1 Å². The Balaban J connectivity index is 1.96. The molecule has 18 heavy (non-hydrogen) atoms. The van der Waals surface area contributed by atoms with Crippen molar-refractivity contribution < 1.29 is 0 Å². The first-order valence-corrected chi connectivity index (χ1v) is 6.14. The molecule has 0 saturated carbocycles. The van der Waals surface area contributed by atoms with Gasteiger partial charge in [-0.1, -0.05) is 11.6 Å². The molecular formula is C12H15N5O. The molecule has 0 bridgehead atoms. The number of H-pyrrole nitrogens is 2. The molecule has 94 valence electrons. The molecule has 0 saturated heterocycles. The smallest absolute Gasteiger partial charge is 0.278 e. The SMILES string of the molecule is Nc1nc2nc(CC3=CCCCC3)[nH]c2c(=O)[nH]1. The number of nitrogens with one attached hydrogen (secondary N) is 2. The molecule has 6 heteroatoms. The van der Waals surface area contributed by atoms with Crippen molar-refractivity contribution in [3.8, 4) is 0 Å². The number of imidazole rings is 1. The maximum absolute atomic E-state index is 11.6. The Morgan fingerprint density at radius 3 is 2.94 bits per heavy atom. The zero-order chi connectivity index (χ0) is 12.5. The normalized spacial score (nSPS) is 15.9. The van der Waals surface area contributed by atoms with Gasteiger partial charge in [0.2, 0.25) is 5.95 Å². The summed E-state index contributed by atoms with van der Waals surface area (Å²) in [4.78, 5) is 25.5. The largest absolute Gasteiger partial charge is 0.369 e. The Bertz CT molecular complexity index is 667. The Hall–Kier alpha value is -2.11. The molecule has 2 aromatic rings. The van der Waals surface area contributed by atoms with Crippen LogP contribution in [0.4, 0.5) is 5.95 Å². The van der Waals surface area contributed by atoms with Gasteiger partial charge < -0.3 is 10.7 Å². The Labute approximate surface area is 103 Å². The van der Waals surface area contributed by atoms with Crippen LogP contribution in [0.5, 0.6) is 0 Å². The predicted octanol–water partition coefficient (Wildman–Crippen LogP) is 1.27. The third-order valence-electron chi connectivity index (χ3n) is 3.21. The van der Waals surface area contributed by atoms with E-state index < -0.39 is 0 Å². The minimum Gasteiger partial charge on any atom is -0.369 e. The highest BCUT2D eigenvalue weighted by molar-refractivity contribution is 5.70. The van der Waals surface area contributed by atoms with Crippen molar-refractivity contribution in [2.45, 2.75) is 32.1 Å². The van der Waals surface area contributed by atoms with Crippen LogP contribution in [0.25, 0.3) is 11.2 Å². The minimum atomic E-state index is -0.270. The fraction of sp³-hybridized carbons (Fsp3) is 0.417. The van der Waals surface area contributed by atoms with Crippen molar-refractivity contribution in [2.75, 3.05) is 5.73 Å². The number of fused-ring (bicyclic) bond motifs is 1. The van der Waals surface area contributed by atoms with Crippen LogP contribution in [-0.4, -0.2) is 19.9 Å². The second-order valence-electron chi connectivity index (χ2n) is 4.62. The van der Waals surface area contributed by atoms with Gasteiger partial charge in [0.1, 0.15) is 5.82 Å². The van der Waals surface area contributed by atoms with Gasteiger partial charge in [0.25, 0.3) is 5.56 Å². The average molecular weight is 245 g/mol. The summed E-state index contributed by atoms with van der Waals surface area (Å²) in [6, 6.07) is 0. The van der Waals surface area contributed by atoms with E-state index in [2.05, 4.69) is 26.0 Å². The van der Waals surface area contributed by atoms with Gasteiger partial charge in [-0.25, -0.2) is 4.98 Å². The van der Waals surface area contributed by atoms with Crippen molar-refractivity contribution in [3.05, 3.63) is 27.8 Å². The monoisotopic (exact) mass is 245 g/mol. The van der Waals surface area contributed by atoms with Crippen LogP contribution in [0, 0.1) is 0 Å². The van der Waals surface area contributed by atoms with E-state index in [0.29, 0.717) is 11.2 Å². The molecule has 2 aromatic heterocycles. The van der Waals surface area contributed by atoms with E-state index in [4.69, 9.17) is 5.73 Å². The molecule has 1 aliphatic rings. The molecule has 0 aromatic carbocycles. The van der Waals surface area contributed by atoms with E-state index in [9.17, 15) is 4.79 Å². The molecule has 2 heterocycles. The number of hydrogen-bond donors (Lipinski definition) is 3. The summed E-state index contributed by atoms with van der Waals surface area (Å²) >= 11 is 0. The molecule has 1 aliphatic carbocycles. The lowest BCUT2D eigenvalue weighted by atomic mass is 9.97. The van der Waals surface area contributed by atoms with E-state index in [1.807, 2.05) is 0 Å². The highest BCUT2D eigenvalue weighted by Crippen LogP contribution is 2.20. The van der Waals surface area contributed by atoms with Crippen LogP contribution in [-0.2, 0) is 6.42 Å². The van der Waals surface area contributed by atoms with Crippen LogP contribution in [0.2, 0.25) is 0 Å². The summed E-state index contributed by atoms with van der Waals surface area (Å²) in [5, 5.41) is 0. The summed E-state index contributed by atoms with van der Waals surface area (Å²) in [6.45, 7) is 0. The third-order valence-corrected chi connectivity index (χ3v) is 3.21. The van der Waals surface area contributed by atoms with Gasteiger partial charge in [0, 0.05) is 6.42 Å². The lowest BCUT2D eigenvalue weighted by molar-refractivity contribution is 0.684. The minimum absolute atomic E-state index is 0.0995. The third kappa shape index (κ3) is 2.01. The van der Waals surface area contributed by atoms with Crippen molar-refractivity contribution in [1.82, 2.24) is 19.9 Å². The van der Waals surface area contributed by atoms with Gasteiger partial charge in [-0.15, -0.1) is 0 Å². The standard InChI is InChI=1S/C12H15N5O/c13-12-16-10-9(11(18)17-12)14-8(15-10)6-7-4-2-1-3-5-7/h4H,1-3,5-6H2,(H4,13,14,15,16,17,18). The topological polar surface area (TPSA) is 100 Å². The lowest BCUT2D eigenvalue weighted by Crippen LogP contribution is -2.10. The fourth-order valence-electron chi connectivity index (χ4n) is 2.34. The van der Waals surface area contributed by atoms with Gasteiger partial charge in [0.15, 0.2) is 11.2 Å². The number of hydrogen-bond acceptors (Lipinski definition) is 4. The first kappa shape index (κ1) is 11.0. The second-order valence-corrected chi connectivity index (χ2v) is 4.62. The molecule has 4 N–H and O–H groups in total. The van der Waals surface area contributed by atoms with E-state index in [0.717, 1.165) is 25.1 Å². The number of aromatic amines is 2. The Morgan fingerprint density at radius 2 is 2.17 bits per heavy atom. The quantitative estimate of drug-likeness (QED) is 0.693. The lowest BCUT2D eigenvalue weighted by Gasteiger charge is -2.10. The summed E-state index contributed by atoms with van der Waals surface area (Å²) in [5.41, 5.74) is 7.39. The van der Waals surface area contributed by atoms with Gasteiger partial charge >= 0.3 is 0 Å². The number of allylic oxidation sites excluding steroid dienone is 2. The molecule has 0 aliphatic heterocycles. The first-order chi connectivity index (χ1) is 8.72. The zero-order valence-corrected chi connectivity index (χ0v) is 9.99. The van der Waals surface area contributed by atoms with E-state index in [1.54, 1.807) is 0 Å². The van der Waals surface area contributed by atoms with E-state index in [-0.39, 0.29) is 11.5 Å². The van der Waals surface area contributed by atoms with E-state index in [1.165, 1.54) is 18.4 Å². The van der Waals surface area contributed by atoms with Gasteiger partial charge in [-0.3, -0.25) is 9.78 Å². The molecule has 0 unspecified atom stereocenters. The maximum atomic E-state index is 11.6. The summed E-state index contributed by atoms with van der Waals surface area (Å²) < 4.78 is 0. The molecule has 0 amide bonds. The zero-order valence-electron chi connectivity index (χ0n) is 9.99. The van der Waals surface area contributed by atoms with Gasteiger partial charge in [-0.2, -0.15) is 4.98 Å². The van der Waals surface area contributed by atoms with Crippen molar-refractivity contribution in [3.63, 3.8) is 0 Å². The van der Waals surface area contributed by atoms with Gasteiger partial charge in [-0.05, 0) is 25.7 Å². The Morgan fingerprint density at radius 1 is 1.28 bits per heavy atom.